The fourth-order valence-corrected chi connectivity index (χ4v) is 5.73. The Morgan fingerprint density at radius 1 is 1.05 bits per heavy atom. The van der Waals surface area contributed by atoms with Crippen molar-refractivity contribution in [1.82, 2.24) is 10.2 Å². The number of hydrogen-bond acceptors (Lipinski definition) is 4. The van der Waals surface area contributed by atoms with E-state index in [9.17, 15) is 18.0 Å². The summed E-state index contributed by atoms with van der Waals surface area (Å²) in [7, 11) is -3.63. The molecule has 0 aliphatic carbocycles. The van der Waals surface area contributed by atoms with Crippen molar-refractivity contribution in [3.63, 3.8) is 0 Å². The minimum atomic E-state index is -3.63. The summed E-state index contributed by atoms with van der Waals surface area (Å²) in [6, 6.07) is 9.37. The summed E-state index contributed by atoms with van der Waals surface area (Å²) >= 11 is 18.9. The van der Waals surface area contributed by atoms with E-state index < -0.39 is 16.1 Å². The fraction of sp³-hybridized carbons (Fsp3) is 0.481. The van der Waals surface area contributed by atoms with Crippen LogP contribution in [0, 0.1) is 12.8 Å². The molecule has 0 saturated heterocycles. The van der Waals surface area contributed by atoms with Crippen LogP contribution in [0.15, 0.2) is 36.4 Å². The minimum absolute atomic E-state index is 0.0155. The lowest BCUT2D eigenvalue weighted by molar-refractivity contribution is -0.141. The van der Waals surface area contributed by atoms with E-state index in [1.807, 2.05) is 20.8 Å². The van der Waals surface area contributed by atoms with Gasteiger partial charge in [0.2, 0.25) is 21.8 Å². The van der Waals surface area contributed by atoms with E-state index >= 15 is 0 Å². The Hall–Kier alpha value is -2.00. The average molecular weight is 605 g/mol. The van der Waals surface area contributed by atoms with Gasteiger partial charge in [0.25, 0.3) is 0 Å². The zero-order chi connectivity index (χ0) is 28.6. The molecule has 0 bridgehead atoms. The molecular weight excluding hydrogens is 569 g/mol. The maximum absolute atomic E-state index is 13.6. The van der Waals surface area contributed by atoms with Gasteiger partial charge < -0.3 is 10.2 Å². The number of hydrogen-bond donors (Lipinski definition) is 1. The lowest BCUT2D eigenvalue weighted by Gasteiger charge is -2.32. The molecule has 210 valence electrons. The molecule has 0 fully saturated rings. The molecule has 2 rings (SSSR count). The third kappa shape index (κ3) is 9.04. The molecule has 1 unspecified atom stereocenters. The number of sulfonamides is 1. The van der Waals surface area contributed by atoms with Gasteiger partial charge in [0, 0.05) is 46.7 Å². The van der Waals surface area contributed by atoms with Gasteiger partial charge in [-0.2, -0.15) is 0 Å². The topological polar surface area (TPSA) is 86.8 Å². The van der Waals surface area contributed by atoms with Crippen molar-refractivity contribution in [3.05, 3.63) is 62.6 Å². The summed E-state index contributed by atoms with van der Waals surface area (Å²) in [6.45, 7) is 8.21. The molecule has 0 heterocycles. The Bertz CT molecular complexity index is 1220. The number of anilines is 1. The van der Waals surface area contributed by atoms with E-state index in [0.29, 0.717) is 39.3 Å². The van der Waals surface area contributed by atoms with Crippen molar-refractivity contribution in [2.45, 2.75) is 59.5 Å². The number of halogens is 3. The Morgan fingerprint density at radius 2 is 1.68 bits per heavy atom. The van der Waals surface area contributed by atoms with Crippen LogP contribution in [0.3, 0.4) is 0 Å². The van der Waals surface area contributed by atoms with E-state index in [2.05, 4.69) is 5.32 Å². The molecule has 1 atom stereocenters. The largest absolute Gasteiger partial charge is 0.354 e. The number of aryl methyl sites for hydroxylation is 1. The number of benzene rings is 2. The summed E-state index contributed by atoms with van der Waals surface area (Å²) < 4.78 is 26.4. The predicted molar refractivity (Wildman–Crippen MR) is 157 cm³/mol. The van der Waals surface area contributed by atoms with Crippen LogP contribution in [0.25, 0.3) is 0 Å². The van der Waals surface area contributed by atoms with E-state index in [1.54, 1.807) is 43.3 Å². The molecule has 0 aliphatic rings. The standard InChI is InChI=1S/C27H36Cl3N3O4S/c1-6-24(27(35)31-16-18(2)3)32(17-21-22(29)9-7-10-23(21)30)26(34)11-8-14-33(38(5,36)37)25-15-20(28)13-12-19(25)4/h7,9-10,12-13,15,18,24H,6,8,11,14,16-17H2,1-5H3,(H,31,35). The van der Waals surface area contributed by atoms with E-state index in [4.69, 9.17) is 34.8 Å². The molecule has 1 N–H and O–H groups in total. The molecule has 0 spiro atoms. The van der Waals surface area contributed by atoms with Crippen molar-refractivity contribution in [2.24, 2.45) is 5.92 Å². The zero-order valence-corrected chi connectivity index (χ0v) is 25.5. The Morgan fingerprint density at radius 3 is 2.24 bits per heavy atom. The van der Waals surface area contributed by atoms with Crippen molar-refractivity contribution >= 4 is 62.3 Å². The highest BCUT2D eigenvalue weighted by Gasteiger charge is 2.30. The monoisotopic (exact) mass is 603 g/mol. The second-order valence-electron chi connectivity index (χ2n) is 9.65. The van der Waals surface area contributed by atoms with Gasteiger partial charge in [0.1, 0.15) is 6.04 Å². The van der Waals surface area contributed by atoms with E-state index in [-0.39, 0.29) is 43.7 Å². The lowest BCUT2D eigenvalue weighted by Crippen LogP contribution is -2.49. The Labute approximate surface area is 241 Å². The third-order valence-corrected chi connectivity index (χ3v) is 8.18. The SMILES string of the molecule is CCC(C(=O)NCC(C)C)N(Cc1c(Cl)cccc1Cl)C(=O)CCCN(c1cc(Cl)ccc1C)S(C)(=O)=O. The number of rotatable bonds is 13. The number of nitrogens with one attached hydrogen (secondary N) is 1. The van der Waals surface area contributed by atoms with Crippen molar-refractivity contribution in [3.8, 4) is 0 Å². The Kier molecular flexibility index (Phi) is 12.2. The maximum atomic E-state index is 13.6. The molecule has 0 radical (unpaired) electrons. The molecular formula is C27H36Cl3N3O4S. The first-order valence-corrected chi connectivity index (χ1v) is 15.5. The first-order chi connectivity index (χ1) is 17.8. The molecule has 2 aromatic carbocycles. The highest BCUT2D eigenvalue weighted by Crippen LogP contribution is 2.29. The van der Waals surface area contributed by atoms with E-state index in [1.165, 1.54) is 9.21 Å². The molecule has 2 amide bonds. The summed E-state index contributed by atoms with van der Waals surface area (Å²) in [5.41, 5.74) is 1.76. The van der Waals surface area contributed by atoms with Gasteiger partial charge in [-0.3, -0.25) is 13.9 Å². The van der Waals surface area contributed by atoms with E-state index in [0.717, 1.165) is 11.8 Å². The van der Waals surface area contributed by atoms with Gasteiger partial charge in [-0.15, -0.1) is 0 Å². The first kappa shape index (κ1) is 32.2. The van der Waals surface area contributed by atoms with Gasteiger partial charge >= 0.3 is 0 Å². The minimum Gasteiger partial charge on any atom is -0.354 e. The fourth-order valence-electron chi connectivity index (χ4n) is 4.03. The van der Waals surface area contributed by atoms with Crippen LogP contribution in [0.4, 0.5) is 5.69 Å². The number of nitrogens with zero attached hydrogens (tertiary/aromatic N) is 2. The smallest absolute Gasteiger partial charge is 0.242 e. The number of carbonyl (C=O) groups is 2. The lowest BCUT2D eigenvalue weighted by atomic mass is 10.1. The van der Waals surface area contributed by atoms with Gasteiger partial charge in [-0.1, -0.05) is 67.7 Å². The highest BCUT2D eigenvalue weighted by atomic mass is 35.5. The second-order valence-corrected chi connectivity index (χ2v) is 12.8. The van der Waals surface area contributed by atoms with Crippen LogP contribution in [-0.2, 0) is 26.2 Å². The molecule has 0 aliphatic heterocycles. The molecule has 38 heavy (non-hydrogen) atoms. The molecule has 0 aromatic heterocycles. The summed E-state index contributed by atoms with van der Waals surface area (Å²) in [5.74, 6) is -0.315. The van der Waals surface area contributed by atoms with Crippen LogP contribution < -0.4 is 9.62 Å². The summed E-state index contributed by atoms with van der Waals surface area (Å²) in [6.07, 6.45) is 1.75. The Balaban J connectivity index is 2.30. The summed E-state index contributed by atoms with van der Waals surface area (Å²) in [5, 5.41) is 4.12. The van der Waals surface area contributed by atoms with Crippen molar-refractivity contribution in [1.29, 1.82) is 0 Å². The quantitative estimate of drug-likeness (QED) is 0.300. The van der Waals surface area contributed by atoms with Gasteiger partial charge in [0.15, 0.2) is 0 Å². The van der Waals surface area contributed by atoms with Crippen LogP contribution in [0.5, 0.6) is 0 Å². The van der Waals surface area contributed by atoms with Crippen LogP contribution in [-0.4, -0.2) is 50.5 Å². The normalized spacial score (nSPS) is 12.3. The molecule has 2 aromatic rings. The van der Waals surface area contributed by atoms with Gasteiger partial charge in [-0.05, 0) is 55.5 Å². The molecule has 7 nitrogen and oxygen atoms in total. The highest BCUT2D eigenvalue weighted by molar-refractivity contribution is 7.92. The first-order valence-electron chi connectivity index (χ1n) is 12.5. The van der Waals surface area contributed by atoms with Crippen LogP contribution in [0.2, 0.25) is 15.1 Å². The predicted octanol–water partition coefficient (Wildman–Crippen LogP) is 6.08. The maximum Gasteiger partial charge on any atom is 0.242 e. The zero-order valence-electron chi connectivity index (χ0n) is 22.4. The van der Waals surface area contributed by atoms with Gasteiger partial charge in [-0.25, -0.2) is 8.42 Å². The summed E-state index contributed by atoms with van der Waals surface area (Å²) in [4.78, 5) is 28.1. The van der Waals surface area contributed by atoms with Crippen LogP contribution in [0.1, 0.15) is 51.2 Å². The average Bonchev–Trinajstić information content (AvgIpc) is 2.83. The second kappa shape index (κ2) is 14.4. The van der Waals surface area contributed by atoms with Crippen molar-refractivity contribution < 1.29 is 18.0 Å². The third-order valence-electron chi connectivity index (χ3n) is 6.05. The van der Waals surface area contributed by atoms with Crippen LogP contribution >= 0.6 is 34.8 Å². The number of amides is 2. The molecule has 11 heteroatoms. The molecule has 0 saturated carbocycles. The van der Waals surface area contributed by atoms with Gasteiger partial charge in [0.05, 0.1) is 11.9 Å². The van der Waals surface area contributed by atoms with Crippen molar-refractivity contribution in [2.75, 3.05) is 23.7 Å². The number of carbonyl (C=O) groups excluding carboxylic acids is 2.